The lowest BCUT2D eigenvalue weighted by atomic mass is 9.95. The zero-order valence-electron chi connectivity index (χ0n) is 10.4. The van der Waals surface area contributed by atoms with Crippen LogP contribution in [0.4, 0.5) is 4.39 Å². The lowest BCUT2D eigenvalue weighted by molar-refractivity contribution is 0.179. The molecule has 0 aliphatic carbocycles. The summed E-state index contributed by atoms with van der Waals surface area (Å²) in [6.45, 7) is 7.48. The summed E-state index contributed by atoms with van der Waals surface area (Å²) in [4.78, 5) is 0. The Morgan fingerprint density at radius 2 is 2.06 bits per heavy atom. The van der Waals surface area contributed by atoms with E-state index in [1.54, 1.807) is 19.1 Å². The van der Waals surface area contributed by atoms with E-state index < -0.39 is 0 Å². The fraction of sp³-hybridized carbons (Fsp3) is 0.538. The van der Waals surface area contributed by atoms with Crippen molar-refractivity contribution in [2.24, 2.45) is 5.41 Å². The molecule has 1 N–H and O–H groups in total. The van der Waals surface area contributed by atoms with Crippen molar-refractivity contribution < 1.29 is 9.13 Å². The highest BCUT2D eigenvalue weighted by Gasteiger charge is 2.17. The molecule has 0 saturated carbocycles. The average Bonchev–Trinajstić information content (AvgIpc) is 2.20. The van der Waals surface area contributed by atoms with Crippen LogP contribution in [0.1, 0.15) is 19.4 Å². The molecule has 0 fully saturated rings. The molecule has 1 aromatic carbocycles. The number of hydrogen-bond acceptors (Lipinski definition) is 2. The van der Waals surface area contributed by atoms with E-state index in [2.05, 4.69) is 19.2 Å². The smallest absolute Gasteiger partial charge is 0.126 e. The molecule has 16 heavy (non-hydrogen) atoms. The largest absolute Gasteiger partial charge is 0.493 e. The summed E-state index contributed by atoms with van der Waals surface area (Å²) in [6.07, 6.45) is 0. The normalized spacial score (nSPS) is 11.6. The first-order valence-corrected chi connectivity index (χ1v) is 5.48. The van der Waals surface area contributed by atoms with Crippen LogP contribution in [-0.4, -0.2) is 20.2 Å². The predicted molar refractivity (Wildman–Crippen MR) is 64.3 cm³/mol. The maximum atomic E-state index is 13.0. The maximum absolute atomic E-state index is 13.0. The summed E-state index contributed by atoms with van der Waals surface area (Å²) in [5, 5.41) is 3.12. The van der Waals surface area contributed by atoms with E-state index in [9.17, 15) is 4.39 Å². The highest BCUT2D eigenvalue weighted by Crippen LogP contribution is 2.20. The van der Waals surface area contributed by atoms with E-state index in [4.69, 9.17) is 4.74 Å². The van der Waals surface area contributed by atoms with Crippen molar-refractivity contribution in [1.82, 2.24) is 5.32 Å². The van der Waals surface area contributed by atoms with Gasteiger partial charge in [0.1, 0.15) is 11.6 Å². The van der Waals surface area contributed by atoms with E-state index in [0.29, 0.717) is 12.2 Å². The van der Waals surface area contributed by atoms with Crippen molar-refractivity contribution in [3.8, 4) is 5.75 Å². The minimum Gasteiger partial charge on any atom is -0.493 e. The Morgan fingerprint density at radius 3 is 2.62 bits per heavy atom. The highest BCUT2D eigenvalue weighted by atomic mass is 19.1. The highest BCUT2D eigenvalue weighted by molar-refractivity contribution is 5.28. The van der Waals surface area contributed by atoms with Gasteiger partial charge in [-0.1, -0.05) is 13.8 Å². The third-order valence-corrected chi connectivity index (χ3v) is 2.41. The van der Waals surface area contributed by atoms with Crippen LogP contribution in [0.5, 0.6) is 5.75 Å². The number of halogens is 1. The van der Waals surface area contributed by atoms with Gasteiger partial charge in [-0.15, -0.1) is 0 Å². The van der Waals surface area contributed by atoms with Gasteiger partial charge in [-0.3, -0.25) is 0 Å². The molecular weight excluding hydrogens is 205 g/mol. The van der Waals surface area contributed by atoms with Crippen molar-refractivity contribution in [2.45, 2.75) is 20.8 Å². The van der Waals surface area contributed by atoms with Crippen molar-refractivity contribution in [2.75, 3.05) is 20.2 Å². The number of nitrogens with one attached hydrogen (secondary N) is 1. The third-order valence-electron chi connectivity index (χ3n) is 2.41. The fourth-order valence-corrected chi connectivity index (χ4v) is 1.52. The topological polar surface area (TPSA) is 21.3 Å². The van der Waals surface area contributed by atoms with Crippen LogP contribution in [0.2, 0.25) is 0 Å². The van der Waals surface area contributed by atoms with Crippen LogP contribution < -0.4 is 10.1 Å². The lowest BCUT2D eigenvalue weighted by Crippen LogP contribution is -2.32. The zero-order valence-corrected chi connectivity index (χ0v) is 10.4. The molecule has 0 amide bonds. The van der Waals surface area contributed by atoms with Crippen LogP contribution in [0.3, 0.4) is 0 Å². The first kappa shape index (κ1) is 13.0. The van der Waals surface area contributed by atoms with E-state index in [1.165, 1.54) is 6.07 Å². The van der Waals surface area contributed by atoms with Crippen molar-refractivity contribution in [1.29, 1.82) is 0 Å². The Morgan fingerprint density at radius 1 is 1.38 bits per heavy atom. The van der Waals surface area contributed by atoms with Crippen molar-refractivity contribution in [3.05, 3.63) is 29.6 Å². The van der Waals surface area contributed by atoms with E-state index in [1.807, 2.05) is 7.05 Å². The Hall–Kier alpha value is -1.09. The van der Waals surface area contributed by atoms with Gasteiger partial charge in [0, 0.05) is 12.0 Å². The van der Waals surface area contributed by atoms with E-state index >= 15 is 0 Å². The Kier molecular flexibility index (Phi) is 4.30. The molecule has 0 aliphatic heterocycles. The minimum absolute atomic E-state index is 0.0665. The molecule has 0 bridgehead atoms. The molecule has 0 radical (unpaired) electrons. The standard InChI is InChI=1S/C13H20FNO/c1-10-7-11(5-6-12(10)14)16-9-13(2,3)8-15-4/h5-7,15H,8-9H2,1-4H3. The van der Waals surface area contributed by atoms with Gasteiger partial charge < -0.3 is 10.1 Å². The molecule has 2 nitrogen and oxygen atoms in total. The SMILES string of the molecule is CNCC(C)(C)COc1ccc(F)c(C)c1. The molecule has 0 spiro atoms. The van der Waals surface area contributed by atoms with Gasteiger partial charge in [-0.05, 0) is 37.7 Å². The monoisotopic (exact) mass is 225 g/mol. The van der Waals surface area contributed by atoms with Crippen LogP contribution in [-0.2, 0) is 0 Å². The van der Waals surface area contributed by atoms with Crippen molar-refractivity contribution >= 4 is 0 Å². The first-order chi connectivity index (χ1) is 7.44. The molecule has 0 unspecified atom stereocenters. The van der Waals surface area contributed by atoms with Crippen molar-refractivity contribution in [3.63, 3.8) is 0 Å². The average molecular weight is 225 g/mol. The van der Waals surface area contributed by atoms with Gasteiger partial charge in [0.15, 0.2) is 0 Å². The van der Waals surface area contributed by atoms with Crippen LogP contribution >= 0.6 is 0 Å². The molecule has 1 rings (SSSR count). The number of hydrogen-bond donors (Lipinski definition) is 1. The Labute approximate surface area is 96.8 Å². The molecule has 1 aromatic rings. The van der Waals surface area contributed by atoms with Crippen LogP contribution in [0.25, 0.3) is 0 Å². The van der Waals surface area contributed by atoms with E-state index in [-0.39, 0.29) is 11.2 Å². The Bertz CT molecular complexity index is 350. The molecule has 0 aliphatic rings. The number of benzene rings is 1. The van der Waals surface area contributed by atoms with Gasteiger partial charge in [0.2, 0.25) is 0 Å². The first-order valence-electron chi connectivity index (χ1n) is 5.48. The second-order valence-electron chi connectivity index (χ2n) is 4.89. The minimum atomic E-state index is -0.193. The molecule has 0 heterocycles. The van der Waals surface area contributed by atoms with Gasteiger partial charge in [0.25, 0.3) is 0 Å². The summed E-state index contributed by atoms with van der Waals surface area (Å²) < 4.78 is 18.7. The summed E-state index contributed by atoms with van der Waals surface area (Å²) in [6, 6.07) is 4.83. The molecule has 0 saturated heterocycles. The zero-order chi connectivity index (χ0) is 12.2. The summed E-state index contributed by atoms with van der Waals surface area (Å²) >= 11 is 0. The quantitative estimate of drug-likeness (QED) is 0.832. The fourth-order valence-electron chi connectivity index (χ4n) is 1.52. The van der Waals surface area contributed by atoms with Gasteiger partial charge in [-0.25, -0.2) is 4.39 Å². The molecule has 0 atom stereocenters. The van der Waals surface area contributed by atoms with Gasteiger partial charge >= 0.3 is 0 Å². The van der Waals surface area contributed by atoms with E-state index in [0.717, 1.165) is 12.3 Å². The van der Waals surface area contributed by atoms with Crippen LogP contribution in [0, 0.1) is 18.2 Å². The number of ether oxygens (including phenoxy) is 1. The summed E-state index contributed by atoms with van der Waals surface area (Å²) in [5.74, 6) is 0.532. The number of rotatable bonds is 5. The summed E-state index contributed by atoms with van der Waals surface area (Å²) in [7, 11) is 1.92. The van der Waals surface area contributed by atoms with Gasteiger partial charge in [-0.2, -0.15) is 0 Å². The Balaban J connectivity index is 2.57. The summed E-state index contributed by atoms with van der Waals surface area (Å²) in [5.41, 5.74) is 0.681. The lowest BCUT2D eigenvalue weighted by Gasteiger charge is -2.24. The maximum Gasteiger partial charge on any atom is 0.126 e. The molecule has 3 heteroatoms. The second-order valence-corrected chi connectivity index (χ2v) is 4.89. The second kappa shape index (κ2) is 5.30. The molecule has 0 aromatic heterocycles. The third kappa shape index (κ3) is 3.81. The van der Waals surface area contributed by atoms with Crippen LogP contribution in [0.15, 0.2) is 18.2 Å². The number of aryl methyl sites for hydroxylation is 1. The molecule has 90 valence electrons. The predicted octanol–water partition coefficient (Wildman–Crippen LogP) is 2.76. The van der Waals surface area contributed by atoms with Gasteiger partial charge in [0.05, 0.1) is 6.61 Å². The molecular formula is C13H20FNO.